The predicted molar refractivity (Wildman–Crippen MR) is 79.5 cm³/mol. The van der Waals surface area contributed by atoms with Gasteiger partial charge in [-0.1, -0.05) is 47.5 Å². The molecule has 1 aromatic heterocycles. The van der Waals surface area contributed by atoms with Crippen molar-refractivity contribution in [3.05, 3.63) is 64.8 Å². The van der Waals surface area contributed by atoms with Crippen LogP contribution >= 0.6 is 23.2 Å². The molecular weight excluding hydrogens is 279 g/mol. The molecule has 2 nitrogen and oxygen atoms in total. The Balaban J connectivity index is 2.03. The zero-order valence-electron chi connectivity index (χ0n) is 9.90. The first-order valence-corrected chi connectivity index (χ1v) is 6.55. The first kappa shape index (κ1) is 12.3. The minimum Gasteiger partial charge on any atom is -0.338 e. The van der Waals surface area contributed by atoms with Crippen LogP contribution in [0.5, 0.6) is 0 Å². The second kappa shape index (κ2) is 5.08. The Morgan fingerprint density at radius 2 is 1.79 bits per heavy atom. The lowest BCUT2D eigenvalue weighted by Crippen LogP contribution is -1.82. The Labute approximate surface area is 121 Å². The van der Waals surface area contributed by atoms with Crippen LogP contribution in [0.4, 0.5) is 0 Å². The zero-order chi connectivity index (χ0) is 13.2. The van der Waals surface area contributed by atoms with E-state index in [1.165, 1.54) is 0 Å². The molecule has 94 valence electrons. The lowest BCUT2D eigenvalue weighted by Gasteiger charge is -2.00. The van der Waals surface area contributed by atoms with Crippen LogP contribution in [0.3, 0.4) is 0 Å². The number of H-pyrrole nitrogens is 1. The second-order valence-electron chi connectivity index (χ2n) is 4.14. The Bertz CT molecular complexity index is 719. The molecule has 0 aliphatic carbocycles. The van der Waals surface area contributed by atoms with Crippen molar-refractivity contribution in [2.45, 2.75) is 0 Å². The van der Waals surface area contributed by atoms with Gasteiger partial charge >= 0.3 is 0 Å². The fourth-order valence-corrected chi connectivity index (χ4v) is 2.33. The van der Waals surface area contributed by atoms with Gasteiger partial charge < -0.3 is 4.98 Å². The molecule has 0 amide bonds. The van der Waals surface area contributed by atoms with Crippen molar-refractivity contribution < 1.29 is 0 Å². The van der Waals surface area contributed by atoms with E-state index < -0.39 is 0 Å². The van der Waals surface area contributed by atoms with Crippen LogP contribution in [0.25, 0.3) is 22.6 Å². The van der Waals surface area contributed by atoms with E-state index in [1.54, 1.807) is 6.20 Å². The normalized spacial score (nSPS) is 10.6. The molecule has 0 aliphatic rings. The van der Waals surface area contributed by atoms with Gasteiger partial charge in [-0.3, -0.25) is 0 Å². The van der Waals surface area contributed by atoms with Crippen molar-refractivity contribution in [2.24, 2.45) is 0 Å². The molecule has 0 spiro atoms. The quantitative estimate of drug-likeness (QED) is 0.702. The summed E-state index contributed by atoms with van der Waals surface area (Å²) in [6.07, 6.45) is 1.78. The summed E-state index contributed by atoms with van der Waals surface area (Å²) in [5.41, 5.74) is 2.80. The summed E-state index contributed by atoms with van der Waals surface area (Å²) in [6, 6.07) is 15.2. The molecule has 0 bridgehead atoms. The van der Waals surface area contributed by atoms with Crippen LogP contribution < -0.4 is 0 Å². The molecule has 2 aromatic carbocycles. The molecule has 0 aliphatic heterocycles. The minimum absolute atomic E-state index is 0.675. The van der Waals surface area contributed by atoms with Crippen molar-refractivity contribution in [2.75, 3.05) is 0 Å². The highest BCUT2D eigenvalue weighted by Crippen LogP contribution is 2.28. The topological polar surface area (TPSA) is 28.7 Å². The van der Waals surface area contributed by atoms with Crippen molar-refractivity contribution in [1.29, 1.82) is 0 Å². The van der Waals surface area contributed by atoms with Crippen LogP contribution in [0.1, 0.15) is 0 Å². The summed E-state index contributed by atoms with van der Waals surface area (Å²) >= 11 is 12.1. The lowest BCUT2D eigenvalue weighted by molar-refractivity contribution is 1.31. The maximum atomic E-state index is 6.16. The van der Waals surface area contributed by atoms with Gasteiger partial charge in [0.1, 0.15) is 5.82 Å². The SMILES string of the molecule is Clc1cccc(-c2cnc(-c3ccccc3Cl)[nH]2)c1. The third-order valence-electron chi connectivity index (χ3n) is 2.84. The van der Waals surface area contributed by atoms with Gasteiger partial charge in [0.2, 0.25) is 0 Å². The van der Waals surface area contributed by atoms with Crippen LogP contribution in [-0.4, -0.2) is 9.97 Å². The van der Waals surface area contributed by atoms with E-state index in [4.69, 9.17) is 23.2 Å². The van der Waals surface area contributed by atoms with E-state index >= 15 is 0 Å². The number of hydrogen-bond acceptors (Lipinski definition) is 1. The van der Waals surface area contributed by atoms with E-state index in [0.717, 1.165) is 22.6 Å². The highest BCUT2D eigenvalue weighted by molar-refractivity contribution is 6.33. The van der Waals surface area contributed by atoms with Crippen molar-refractivity contribution >= 4 is 23.2 Å². The number of halogens is 2. The number of imidazole rings is 1. The molecule has 3 rings (SSSR count). The highest BCUT2D eigenvalue weighted by Gasteiger charge is 2.08. The van der Waals surface area contributed by atoms with Crippen molar-refractivity contribution in [3.8, 4) is 22.6 Å². The first-order valence-electron chi connectivity index (χ1n) is 5.80. The van der Waals surface area contributed by atoms with Gasteiger partial charge in [0, 0.05) is 16.1 Å². The molecule has 0 fully saturated rings. The molecule has 1 heterocycles. The lowest BCUT2D eigenvalue weighted by atomic mass is 10.2. The Hall–Kier alpha value is -1.77. The molecule has 0 radical (unpaired) electrons. The number of nitrogens with zero attached hydrogens (tertiary/aromatic N) is 1. The molecule has 19 heavy (non-hydrogen) atoms. The Morgan fingerprint density at radius 3 is 2.58 bits per heavy atom. The molecule has 0 unspecified atom stereocenters. The zero-order valence-corrected chi connectivity index (χ0v) is 11.4. The van der Waals surface area contributed by atoms with E-state index in [2.05, 4.69) is 9.97 Å². The summed E-state index contributed by atoms with van der Waals surface area (Å²) in [5, 5.41) is 1.38. The monoisotopic (exact) mass is 288 g/mol. The Morgan fingerprint density at radius 1 is 0.947 bits per heavy atom. The van der Waals surface area contributed by atoms with Gasteiger partial charge in [0.25, 0.3) is 0 Å². The predicted octanol–water partition coefficient (Wildman–Crippen LogP) is 5.05. The summed E-state index contributed by atoms with van der Waals surface area (Å²) < 4.78 is 0. The largest absolute Gasteiger partial charge is 0.338 e. The fourth-order valence-electron chi connectivity index (χ4n) is 1.91. The standard InChI is InChI=1S/C15H10Cl2N2/c16-11-5-3-4-10(8-11)14-9-18-15(19-14)12-6-1-2-7-13(12)17/h1-9H,(H,18,19). The molecular formula is C15H10Cl2N2. The summed E-state index contributed by atoms with van der Waals surface area (Å²) in [4.78, 5) is 7.63. The van der Waals surface area contributed by atoms with Crippen LogP contribution in [0.2, 0.25) is 10.0 Å². The number of aromatic amines is 1. The average Bonchev–Trinajstić information content (AvgIpc) is 2.89. The van der Waals surface area contributed by atoms with Gasteiger partial charge in [0.05, 0.1) is 16.9 Å². The van der Waals surface area contributed by atoms with Gasteiger partial charge in [-0.05, 0) is 24.3 Å². The van der Waals surface area contributed by atoms with Gasteiger partial charge in [-0.2, -0.15) is 0 Å². The number of rotatable bonds is 2. The van der Waals surface area contributed by atoms with E-state index in [0.29, 0.717) is 10.0 Å². The molecule has 0 saturated heterocycles. The number of nitrogens with one attached hydrogen (secondary N) is 1. The van der Waals surface area contributed by atoms with Crippen LogP contribution in [0, 0.1) is 0 Å². The summed E-state index contributed by atoms with van der Waals surface area (Å²) in [5.74, 6) is 0.751. The minimum atomic E-state index is 0.675. The van der Waals surface area contributed by atoms with Gasteiger partial charge in [0.15, 0.2) is 0 Å². The smallest absolute Gasteiger partial charge is 0.139 e. The van der Waals surface area contributed by atoms with Crippen LogP contribution in [0.15, 0.2) is 54.7 Å². The Kier molecular flexibility index (Phi) is 3.28. The highest BCUT2D eigenvalue weighted by atomic mass is 35.5. The molecule has 1 N–H and O–H groups in total. The molecule has 0 saturated carbocycles. The maximum Gasteiger partial charge on any atom is 0.139 e. The molecule has 4 heteroatoms. The first-order chi connectivity index (χ1) is 9.24. The van der Waals surface area contributed by atoms with Gasteiger partial charge in [-0.25, -0.2) is 4.98 Å². The fraction of sp³-hybridized carbons (Fsp3) is 0. The molecule has 0 atom stereocenters. The van der Waals surface area contributed by atoms with E-state index in [1.807, 2.05) is 48.5 Å². The summed E-state index contributed by atoms with van der Waals surface area (Å²) in [7, 11) is 0. The second-order valence-corrected chi connectivity index (χ2v) is 4.98. The van der Waals surface area contributed by atoms with Gasteiger partial charge in [-0.15, -0.1) is 0 Å². The van der Waals surface area contributed by atoms with E-state index in [9.17, 15) is 0 Å². The average molecular weight is 289 g/mol. The maximum absolute atomic E-state index is 6.16. The third-order valence-corrected chi connectivity index (χ3v) is 3.41. The van der Waals surface area contributed by atoms with E-state index in [-0.39, 0.29) is 0 Å². The summed E-state index contributed by atoms with van der Waals surface area (Å²) in [6.45, 7) is 0. The number of hydrogen-bond donors (Lipinski definition) is 1. The van der Waals surface area contributed by atoms with Crippen molar-refractivity contribution in [1.82, 2.24) is 9.97 Å². The number of benzene rings is 2. The third kappa shape index (κ3) is 2.50. The number of aromatic nitrogens is 2. The van der Waals surface area contributed by atoms with Crippen molar-refractivity contribution in [3.63, 3.8) is 0 Å². The molecule has 3 aromatic rings. The van der Waals surface area contributed by atoms with Crippen LogP contribution in [-0.2, 0) is 0 Å².